The highest BCUT2D eigenvalue weighted by molar-refractivity contribution is 7.10. The van der Waals surface area contributed by atoms with Crippen LogP contribution in [0.3, 0.4) is 0 Å². The Kier molecular flexibility index (Phi) is 3.13. The summed E-state index contributed by atoms with van der Waals surface area (Å²) in [7, 11) is 0. The molecule has 84 valence electrons. The largest absolute Gasteiger partial charge is 0.326 e. The Bertz CT molecular complexity index is 511. The maximum atomic E-state index is 5.64. The van der Waals surface area contributed by atoms with Crippen LogP contribution in [0.1, 0.15) is 21.6 Å². The van der Waals surface area contributed by atoms with Crippen molar-refractivity contribution >= 4 is 11.3 Å². The van der Waals surface area contributed by atoms with Crippen LogP contribution in [-0.4, -0.2) is 0 Å². The molecular formula is C14H17NS. The molecule has 0 aliphatic carbocycles. The molecule has 0 saturated carbocycles. The van der Waals surface area contributed by atoms with Crippen LogP contribution in [0.5, 0.6) is 0 Å². The van der Waals surface area contributed by atoms with Crippen molar-refractivity contribution in [2.75, 3.05) is 0 Å². The third-order valence-electron chi connectivity index (χ3n) is 3.01. The number of rotatable bonds is 2. The number of hydrogen-bond donors (Lipinski definition) is 1. The van der Waals surface area contributed by atoms with E-state index in [0.717, 1.165) is 0 Å². The average molecular weight is 231 g/mol. The summed E-state index contributed by atoms with van der Waals surface area (Å²) in [4.78, 5) is 1.24. The Morgan fingerprint density at radius 1 is 1.00 bits per heavy atom. The van der Waals surface area contributed by atoms with E-state index in [-0.39, 0.29) is 0 Å². The van der Waals surface area contributed by atoms with Crippen molar-refractivity contribution in [2.45, 2.75) is 27.3 Å². The lowest BCUT2D eigenvalue weighted by Gasteiger charge is -2.08. The lowest BCUT2D eigenvalue weighted by Crippen LogP contribution is -1.92. The predicted molar refractivity (Wildman–Crippen MR) is 71.9 cm³/mol. The molecule has 0 aliphatic heterocycles. The highest BCUT2D eigenvalue weighted by Gasteiger charge is 2.06. The van der Waals surface area contributed by atoms with Gasteiger partial charge in [-0.05, 0) is 60.0 Å². The van der Waals surface area contributed by atoms with Gasteiger partial charge in [-0.2, -0.15) is 0 Å². The normalized spacial score (nSPS) is 10.8. The summed E-state index contributed by atoms with van der Waals surface area (Å²) >= 11 is 1.74. The van der Waals surface area contributed by atoms with Crippen LogP contribution in [0.15, 0.2) is 23.6 Å². The number of aryl methyl sites for hydroxylation is 3. The van der Waals surface area contributed by atoms with Gasteiger partial charge >= 0.3 is 0 Å². The van der Waals surface area contributed by atoms with E-state index in [1.807, 2.05) is 0 Å². The average Bonchev–Trinajstić information content (AvgIpc) is 2.71. The Labute approximate surface area is 101 Å². The van der Waals surface area contributed by atoms with E-state index in [4.69, 9.17) is 5.73 Å². The molecule has 1 heterocycles. The second-order valence-corrected chi connectivity index (χ2v) is 5.25. The van der Waals surface area contributed by atoms with Gasteiger partial charge in [0, 0.05) is 11.4 Å². The Morgan fingerprint density at radius 2 is 1.69 bits per heavy atom. The van der Waals surface area contributed by atoms with Crippen molar-refractivity contribution in [2.24, 2.45) is 5.73 Å². The summed E-state index contributed by atoms with van der Waals surface area (Å²) < 4.78 is 0. The van der Waals surface area contributed by atoms with E-state index in [2.05, 4.69) is 44.4 Å². The first-order valence-corrected chi connectivity index (χ1v) is 6.35. The number of thiophene rings is 1. The maximum absolute atomic E-state index is 5.64. The Balaban J connectivity index is 2.51. The molecule has 2 heteroatoms. The fourth-order valence-corrected chi connectivity index (χ4v) is 2.67. The minimum absolute atomic E-state index is 0.633. The fraction of sp³-hybridized carbons (Fsp3) is 0.286. The zero-order valence-electron chi connectivity index (χ0n) is 10.0. The summed E-state index contributed by atoms with van der Waals surface area (Å²) in [6, 6.07) is 6.72. The van der Waals surface area contributed by atoms with Crippen LogP contribution >= 0.6 is 11.3 Å². The highest BCUT2D eigenvalue weighted by atomic mass is 32.1. The molecule has 16 heavy (non-hydrogen) atoms. The van der Waals surface area contributed by atoms with Gasteiger partial charge in [0.2, 0.25) is 0 Å². The SMILES string of the molecule is Cc1cc(C)c(-c2csc(CN)c2)cc1C. The quantitative estimate of drug-likeness (QED) is 0.836. The van der Waals surface area contributed by atoms with Gasteiger partial charge in [-0.25, -0.2) is 0 Å². The fourth-order valence-electron chi connectivity index (χ4n) is 1.90. The first kappa shape index (κ1) is 11.4. The number of nitrogens with two attached hydrogens (primary N) is 1. The standard InChI is InChI=1S/C14H17NS/c1-9-4-11(3)14(5-10(9)2)12-6-13(7-15)16-8-12/h4-6,8H,7,15H2,1-3H3. The van der Waals surface area contributed by atoms with Gasteiger partial charge in [-0.3, -0.25) is 0 Å². The first-order valence-electron chi connectivity index (χ1n) is 5.47. The van der Waals surface area contributed by atoms with Gasteiger partial charge in [0.1, 0.15) is 0 Å². The van der Waals surface area contributed by atoms with Crippen molar-refractivity contribution in [1.82, 2.24) is 0 Å². The minimum Gasteiger partial charge on any atom is -0.326 e. The molecule has 2 N–H and O–H groups in total. The molecule has 2 rings (SSSR count). The molecule has 0 atom stereocenters. The van der Waals surface area contributed by atoms with Gasteiger partial charge < -0.3 is 5.73 Å². The molecule has 1 nitrogen and oxygen atoms in total. The zero-order chi connectivity index (χ0) is 11.7. The van der Waals surface area contributed by atoms with Crippen LogP contribution in [-0.2, 0) is 6.54 Å². The van der Waals surface area contributed by atoms with Crippen LogP contribution in [0.2, 0.25) is 0 Å². The molecule has 0 saturated heterocycles. The van der Waals surface area contributed by atoms with Gasteiger partial charge in [-0.1, -0.05) is 12.1 Å². The van der Waals surface area contributed by atoms with E-state index in [9.17, 15) is 0 Å². The summed E-state index contributed by atoms with van der Waals surface area (Å²) in [6.07, 6.45) is 0. The third kappa shape index (κ3) is 2.04. The van der Waals surface area contributed by atoms with Gasteiger partial charge in [0.05, 0.1) is 0 Å². The lowest BCUT2D eigenvalue weighted by atomic mass is 9.97. The predicted octanol–water partition coefficient (Wildman–Crippen LogP) is 3.80. The third-order valence-corrected chi connectivity index (χ3v) is 3.97. The van der Waals surface area contributed by atoms with Gasteiger partial charge in [0.25, 0.3) is 0 Å². The highest BCUT2D eigenvalue weighted by Crippen LogP contribution is 2.30. The number of hydrogen-bond acceptors (Lipinski definition) is 2. The summed E-state index contributed by atoms with van der Waals surface area (Å²) in [6.45, 7) is 7.12. The van der Waals surface area contributed by atoms with E-state index in [1.165, 1.54) is 32.7 Å². The molecule has 0 spiro atoms. The van der Waals surface area contributed by atoms with Crippen molar-refractivity contribution < 1.29 is 0 Å². The van der Waals surface area contributed by atoms with Crippen LogP contribution in [0.25, 0.3) is 11.1 Å². The zero-order valence-corrected chi connectivity index (χ0v) is 10.8. The molecule has 0 amide bonds. The van der Waals surface area contributed by atoms with Crippen molar-refractivity contribution in [3.63, 3.8) is 0 Å². The van der Waals surface area contributed by atoms with Gasteiger partial charge in [0.15, 0.2) is 0 Å². The van der Waals surface area contributed by atoms with Crippen LogP contribution in [0, 0.1) is 20.8 Å². The topological polar surface area (TPSA) is 26.0 Å². The second kappa shape index (κ2) is 4.40. The first-order chi connectivity index (χ1) is 7.61. The van der Waals surface area contributed by atoms with E-state index >= 15 is 0 Å². The Morgan fingerprint density at radius 3 is 2.31 bits per heavy atom. The molecule has 0 aliphatic rings. The molecule has 0 unspecified atom stereocenters. The monoisotopic (exact) mass is 231 g/mol. The molecule has 0 radical (unpaired) electrons. The number of benzene rings is 1. The smallest absolute Gasteiger partial charge is 0.0274 e. The molecule has 1 aromatic heterocycles. The van der Waals surface area contributed by atoms with Crippen molar-refractivity contribution in [1.29, 1.82) is 0 Å². The summed E-state index contributed by atoms with van der Waals surface area (Å²) in [5.74, 6) is 0. The van der Waals surface area contributed by atoms with E-state index in [1.54, 1.807) is 11.3 Å². The van der Waals surface area contributed by atoms with Crippen molar-refractivity contribution in [3.05, 3.63) is 45.1 Å². The van der Waals surface area contributed by atoms with Crippen LogP contribution < -0.4 is 5.73 Å². The minimum atomic E-state index is 0.633. The molecular weight excluding hydrogens is 214 g/mol. The molecule has 2 aromatic rings. The van der Waals surface area contributed by atoms with Crippen LogP contribution in [0.4, 0.5) is 0 Å². The second-order valence-electron chi connectivity index (χ2n) is 4.26. The molecule has 0 fully saturated rings. The molecule has 1 aromatic carbocycles. The Hall–Kier alpha value is -1.12. The summed E-state index contributed by atoms with van der Waals surface area (Å²) in [5.41, 5.74) is 12.3. The molecule has 0 bridgehead atoms. The lowest BCUT2D eigenvalue weighted by molar-refractivity contribution is 1.11. The summed E-state index contributed by atoms with van der Waals surface area (Å²) in [5, 5.41) is 2.19. The van der Waals surface area contributed by atoms with Gasteiger partial charge in [-0.15, -0.1) is 11.3 Å². The van der Waals surface area contributed by atoms with E-state index < -0.39 is 0 Å². The maximum Gasteiger partial charge on any atom is 0.0274 e. The van der Waals surface area contributed by atoms with E-state index in [0.29, 0.717) is 6.54 Å². The van der Waals surface area contributed by atoms with Crippen molar-refractivity contribution in [3.8, 4) is 11.1 Å².